The molecule has 1 aliphatic heterocycles. The highest BCUT2D eigenvalue weighted by Gasteiger charge is 2.23. The van der Waals surface area contributed by atoms with Crippen LogP contribution in [0.3, 0.4) is 0 Å². The minimum atomic E-state index is -0.699. The Hall–Kier alpha value is -0.690. The molecular weight excluding hydrogens is 244 g/mol. The molecule has 19 heavy (non-hydrogen) atoms. The summed E-state index contributed by atoms with van der Waals surface area (Å²) in [5, 5.41) is 19.4. The van der Waals surface area contributed by atoms with Gasteiger partial charge in [0.1, 0.15) is 6.04 Å². The quantitative estimate of drug-likeness (QED) is 0.543. The van der Waals surface area contributed by atoms with Gasteiger partial charge in [-0.15, -0.1) is 0 Å². The molecule has 1 fully saturated rings. The van der Waals surface area contributed by atoms with Gasteiger partial charge in [-0.2, -0.15) is 0 Å². The molecule has 1 heterocycles. The van der Waals surface area contributed by atoms with Gasteiger partial charge < -0.3 is 21.1 Å². The zero-order chi connectivity index (χ0) is 13.9. The summed E-state index contributed by atoms with van der Waals surface area (Å²) >= 11 is 0. The predicted octanol–water partition coefficient (Wildman–Crippen LogP) is -0.676. The van der Waals surface area contributed by atoms with Crippen molar-refractivity contribution in [2.75, 3.05) is 52.4 Å². The monoisotopic (exact) mass is 272 g/mol. The molecule has 0 bridgehead atoms. The van der Waals surface area contributed by atoms with E-state index in [9.17, 15) is 9.90 Å². The minimum Gasteiger partial charge on any atom is -0.480 e. The molecule has 112 valence electrons. The maximum absolute atomic E-state index is 11.4. The summed E-state index contributed by atoms with van der Waals surface area (Å²) in [5.74, 6) is -0.699. The first-order chi connectivity index (χ1) is 9.25. The van der Waals surface area contributed by atoms with Crippen molar-refractivity contribution in [1.29, 1.82) is 0 Å². The molecule has 0 radical (unpaired) electrons. The van der Waals surface area contributed by atoms with E-state index in [1.54, 1.807) is 0 Å². The average Bonchev–Trinajstić information content (AvgIpc) is 2.37. The molecule has 0 aromatic rings. The Kier molecular flexibility index (Phi) is 8.73. The fourth-order valence-electron chi connectivity index (χ4n) is 2.33. The van der Waals surface area contributed by atoms with E-state index in [0.717, 1.165) is 65.2 Å². The first-order valence-corrected chi connectivity index (χ1v) is 7.34. The molecular formula is C13H28N4O2. The number of nitrogens with zero attached hydrogens (tertiary/aromatic N) is 1. The third kappa shape index (κ3) is 6.87. The summed E-state index contributed by atoms with van der Waals surface area (Å²) in [6, 6.07) is -0.352. The smallest absolute Gasteiger partial charge is 0.320 e. The number of hydrogen-bond acceptors (Lipinski definition) is 5. The van der Waals surface area contributed by atoms with Gasteiger partial charge in [0, 0.05) is 52.4 Å². The van der Waals surface area contributed by atoms with Gasteiger partial charge in [-0.3, -0.25) is 9.69 Å². The topological polar surface area (TPSA) is 76.6 Å². The number of carbonyl (C=O) groups is 1. The minimum absolute atomic E-state index is 0.352. The van der Waals surface area contributed by atoms with E-state index < -0.39 is 5.97 Å². The van der Waals surface area contributed by atoms with Crippen LogP contribution >= 0.6 is 0 Å². The van der Waals surface area contributed by atoms with Crippen molar-refractivity contribution in [3.8, 4) is 0 Å². The lowest BCUT2D eigenvalue weighted by Crippen LogP contribution is -2.48. The predicted molar refractivity (Wildman–Crippen MR) is 76.5 cm³/mol. The number of aliphatic carboxylic acids is 1. The second-order valence-electron chi connectivity index (χ2n) is 4.93. The lowest BCUT2D eigenvalue weighted by molar-refractivity contribution is -0.143. The van der Waals surface area contributed by atoms with Gasteiger partial charge in [-0.05, 0) is 6.42 Å². The van der Waals surface area contributed by atoms with E-state index in [4.69, 9.17) is 0 Å². The molecule has 0 aromatic heterocycles. The van der Waals surface area contributed by atoms with Gasteiger partial charge in [0.25, 0.3) is 0 Å². The molecule has 6 heteroatoms. The summed E-state index contributed by atoms with van der Waals surface area (Å²) in [6.07, 6.45) is 1.62. The molecule has 0 amide bonds. The summed E-state index contributed by atoms with van der Waals surface area (Å²) in [5.41, 5.74) is 0. The van der Waals surface area contributed by atoms with Crippen LogP contribution in [0.5, 0.6) is 0 Å². The number of rotatable bonds is 4. The van der Waals surface area contributed by atoms with Crippen LogP contribution in [0.4, 0.5) is 0 Å². The highest BCUT2D eigenvalue weighted by atomic mass is 16.4. The largest absolute Gasteiger partial charge is 0.480 e. The molecule has 0 aliphatic carbocycles. The second-order valence-corrected chi connectivity index (χ2v) is 4.93. The van der Waals surface area contributed by atoms with E-state index in [1.165, 1.54) is 0 Å². The van der Waals surface area contributed by atoms with Crippen molar-refractivity contribution in [3.63, 3.8) is 0 Å². The Balaban J connectivity index is 2.50. The summed E-state index contributed by atoms with van der Waals surface area (Å²) in [6.45, 7) is 9.08. The van der Waals surface area contributed by atoms with Crippen LogP contribution in [0.1, 0.15) is 19.8 Å². The van der Waals surface area contributed by atoms with Crippen LogP contribution in [0.15, 0.2) is 0 Å². The van der Waals surface area contributed by atoms with Crippen LogP contribution in [-0.2, 0) is 4.79 Å². The molecule has 1 rings (SSSR count). The zero-order valence-electron chi connectivity index (χ0n) is 12.0. The standard InChI is InChI=1S/C13H28N4O2/c1-2-3-12(13(18)19)17-10-8-15-6-4-14-5-7-16-9-11-17/h12,14-16H,2-11H2,1H3,(H,18,19). The molecule has 1 aliphatic rings. The van der Waals surface area contributed by atoms with Gasteiger partial charge in [0.15, 0.2) is 0 Å². The highest BCUT2D eigenvalue weighted by molar-refractivity contribution is 5.73. The number of carboxylic acids is 1. The van der Waals surface area contributed by atoms with Crippen LogP contribution < -0.4 is 16.0 Å². The van der Waals surface area contributed by atoms with Crippen LogP contribution in [0.25, 0.3) is 0 Å². The number of nitrogens with one attached hydrogen (secondary N) is 3. The lowest BCUT2D eigenvalue weighted by Gasteiger charge is -2.29. The fraction of sp³-hybridized carbons (Fsp3) is 0.923. The Labute approximate surface area is 115 Å². The Bertz CT molecular complexity index is 239. The van der Waals surface area contributed by atoms with Crippen molar-refractivity contribution in [2.24, 2.45) is 0 Å². The van der Waals surface area contributed by atoms with Crippen LogP contribution in [-0.4, -0.2) is 74.4 Å². The Morgan fingerprint density at radius 1 is 1.05 bits per heavy atom. The zero-order valence-corrected chi connectivity index (χ0v) is 12.0. The summed E-state index contributed by atoms with van der Waals surface area (Å²) < 4.78 is 0. The normalized spacial score (nSPS) is 22.2. The van der Waals surface area contributed by atoms with Crippen molar-refractivity contribution in [1.82, 2.24) is 20.9 Å². The molecule has 4 N–H and O–H groups in total. The molecule has 0 spiro atoms. The Morgan fingerprint density at radius 3 is 1.95 bits per heavy atom. The first-order valence-electron chi connectivity index (χ1n) is 7.34. The van der Waals surface area contributed by atoms with Gasteiger partial charge in [-0.25, -0.2) is 0 Å². The average molecular weight is 272 g/mol. The van der Waals surface area contributed by atoms with E-state index >= 15 is 0 Å². The SMILES string of the molecule is CCCC(C(=O)O)N1CCNCCNCCNCC1. The highest BCUT2D eigenvalue weighted by Crippen LogP contribution is 2.07. The summed E-state index contributed by atoms with van der Waals surface area (Å²) in [7, 11) is 0. The molecule has 1 saturated heterocycles. The van der Waals surface area contributed by atoms with Gasteiger partial charge in [0.2, 0.25) is 0 Å². The first kappa shape index (κ1) is 16.4. The van der Waals surface area contributed by atoms with E-state index in [1.807, 2.05) is 6.92 Å². The van der Waals surface area contributed by atoms with Gasteiger partial charge >= 0.3 is 5.97 Å². The van der Waals surface area contributed by atoms with Crippen molar-refractivity contribution in [2.45, 2.75) is 25.8 Å². The Morgan fingerprint density at radius 2 is 1.53 bits per heavy atom. The molecule has 1 atom stereocenters. The van der Waals surface area contributed by atoms with E-state index in [-0.39, 0.29) is 6.04 Å². The molecule has 1 unspecified atom stereocenters. The lowest BCUT2D eigenvalue weighted by atomic mass is 10.1. The maximum Gasteiger partial charge on any atom is 0.320 e. The summed E-state index contributed by atoms with van der Waals surface area (Å²) in [4.78, 5) is 13.5. The maximum atomic E-state index is 11.4. The fourth-order valence-corrected chi connectivity index (χ4v) is 2.33. The van der Waals surface area contributed by atoms with Crippen molar-refractivity contribution in [3.05, 3.63) is 0 Å². The van der Waals surface area contributed by atoms with E-state index in [2.05, 4.69) is 20.9 Å². The second kappa shape index (κ2) is 10.1. The van der Waals surface area contributed by atoms with E-state index in [0.29, 0.717) is 0 Å². The van der Waals surface area contributed by atoms with Crippen LogP contribution in [0, 0.1) is 0 Å². The van der Waals surface area contributed by atoms with Crippen LogP contribution in [0.2, 0.25) is 0 Å². The third-order valence-corrected chi connectivity index (χ3v) is 3.40. The van der Waals surface area contributed by atoms with Gasteiger partial charge in [0.05, 0.1) is 0 Å². The number of carboxylic acid groups (broad SMARTS) is 1. The molecule has 0 aromatic carbocycles. The van der Waals surface area contributed by atoms with Crippen molar-refractivity contribution < 1.29 is 9.90 Å². The van der Waals surface area contributed by atoms with Gasteiger partial charge in [-0.1, -0.05) is 13.3 Å². The molecule has 0 saturated carbocycles. The third-order valence-electron chi connectivity index (χ3n) is 3.40. The molecule has 6 nitrogen and oxygen atoms in total. The number of hydrogen-bond donors (Lipinski definition) is 4. The van der Waals surface area contributed by atoms with Crippen molar-refractivity contribution >= 4 is 5.97 Å².